The third kappa shape index (κ3) is 5.51. The molecule has 4 rings (SSSR count). The predicted octanol–water partition coefficient (Wildman–Crippen LogP) is 8.34. The Morgan fingerprint density at radius 3 is 1.83 bits per heavy atom. The van der Waals surface area contributed by atoms with E-state index in [4.69, 9.17) is 4.74 Å². The van der Waals surface area contributed by atoms with Crippen LogP contribution in [0.25, 0.3) is 0 Å². The molecule has 0 aliphatic rings. The molecule has 0 radical (unpaired) electrons. The zero-order valence-electron chi connectivity index (χ0n) is 21.4. The van der Waals surface area contributed by atoms with Gasteiger partial charge in [-0.3, -0.25) is 0 Å². The zero-order valence-corrected chi connectivity index (χ0v) is 21.4. The minimum absolute atomic E-state index is 0.338. The summed E-state index contributed by atoms with van der Waals surface area (Å²) in [5.41, 5.74) is 10.1. The molecule has 4 aromatic carbocycles. The van der Waals surface area contributed by atoms with Crippen molar-refractivity contribution in [2.45, 2.75) is 47.5 Å². The number of nitrogens with zero attached hydrogens (tertiary/aromatic N) is 1. The van der Waals surface area contributed by atoms with E-state index < -0.39 is 0 Å². The van der Waals surface area contributed by atoms with Crippen molar-refractivity contribution in [1.82, 2.24) is 0 Å². The van der Waals surface area contributed by atoms with Gasteiger partial charge in [0.1, 0.15) is 11.5 Å². The van der Waals surface area contributed by atoms with E-state index in [-0.39, 0.29) is 0 Å². The summed E-state index contributed by atoms with van der Waals surface area (Å²) < 4.78 is 5.69. The molecule has 0 spiro atoms. The fourth-order valence-corrected chi connectivity index (χ4v) is 4.38. The Morgan fingerprint density at radius 1 is 0.657 bits per heavy atom. The van der Waals surface area contributed by atoms with Crippen LogP contribution in [0.1, 0.15) is 47.2 Å². The average molecular weight is 466 g/mol. The van der Waals surface area contributed by atoms with Crippen molar-refractivity contribution in [3.05, 3.63) is 112 Å². The number of aromatic hydroxyl groups is 1. The van der Waals surface area contributed by atoms with E-state index in [0.29, 0.717) is 18.8 Å². The summed E-state index contributed by atoms with van der Waals surface area (Å²) in [5.74, 6) is 1.14. The van der Waals surface area contributed by atoms with Crippen LogP contribution in [-0.4, -0.2) is 11.7 Å². The van der Waals surface area contributed by atoms with Gasteiger partial charge in [0.15, 0.2) is 0 Å². The van der Waals surface area contributed by atoms with Gasteiger partial charge >= 0.3 is 0 Å². The molecule has 35 heavy (non-hydrogen) atoms. The van der Waals surface area contributed by atoms with Crippen molar-refractivity contribution in [2.24, 2.45) is 0 Å². The number of phenols is 1. The molecule has 0 amide bonds. The topological polar surface area (TPSA) is 32.7 Å². The smallest absolute Gasteiger partial charge is 0.122 e. The fourth-order valence-electron chi connectivity index (χ4n) is 4.38. The van der Waals surface area contributed by atoms with Gasteiger partial charge < -0.3 is 14.7 Å². The largest absolute Gasteiger partial charge is 0.507 e. The first-order valence-corrected chi connectivity index (χ1v) is 12.4. The van der Waals surface area contributed by atoms with E-state index in [1.165, 1.54) is 16.7 Å². The van der Waals surface area contributed by atoms with Gasteiger partial charge in [0.2, 0.25) is 0 Å². The molecule has 0 atom stereocenters. The second kappa shape index (κ2) is 10.7. The summed E-state index contributed by atoms with van der Waals surface area (Å²) in [5, 5.41) is 10.6. The molecule has 0 bridgehead atoms. The first kappa shape index (κ1) is 24.4. The molecule has 3 nitrogen and oxygen atoms in total. The lowest BCUT2D eigenvalue weighted by atomic mass is 10.0. The molecule has 1 N–H and O–H groups in total. The Kier molecular flexibility index (Phi) is 7.45. The number of ether oxygens (including phenoxy) is 1. The zero-order chi connectivity index (χ0) is 24.9. The van der Waals surface area contributed by atoms with Crippen molar-refractivity contribution in [3.63, 3.8) is 0 Å². The highest BCUT2D eigenvalue weighted by Crippen LogP contribution is 2.36. The van der Waals surface area contributed by atoms with E-state index >= 15 is 0 Å². The van der Waals surface area contributed by atoms with Crippen LogP contribution in [0.5, 0.6) is 11.5 Å². The number of hydrogen-bond acceptors (Lipinski definition) is 3. The Labute approximate surface area is 209 Å². The van der Waals surface area contributed by atoms with E-state index in [2.05, 4.69) is 92.4 Å². The molecule has 0 aromatic heterocycles. The van der Waals surface area contributed by atoms with Gasteiger partial charge in [-0.2, -0.15) is 0 Å². The second-order valence-corrected chi connectivity index (χ2v) is 9.15. The quantitative estimate of drug-likeness (QED) is 0.284. The van der Waals surface area contributed by atoms with Crippen LogP contribution < -0.4 is 9.64 Å². The van der Waals surface area contributed by atoms with Crippen molar-refractivity contribution < 1.29 is 9.84 Å². The molecule has 4 aromatic rings. The van der Waals surface area contributed by atoms with E-state index in [9.17, 15) is 5.11 Å². The van der Waals surface area contributed by atoms with Gasteiger partial charge in [-0.1, -0.05) is 37.3 Å². The average Bonchev–Trinajstić information content (AvgIpc) is 2.86. The van der Waals surface area contributed by atoms with Gasteiger partial charge in [-0.05, 0) is 110 Å². The van der Waals surface area contributed by atoms with Gasteiger partial charge in [-0.25, -0.2) is 0 Å². The predicted molar refractivity (Wildman–Crippen MR) is 147 cm³/mol. The van der Waals surface area contributed by atoms with Crippen molar-refractivity contribution in [1.29, 1.82) is 0 Å². The number of benzene rings is 4. The third-order valence-electron chi connectivity index (χ3n) is 6.60. The Hall–Kier alpha value is -3.72. The summed E-state index contributed by atoms with van der Waals surface area (Å²) in [6, 6.07) is 27.9. The van der Waals surface area contributed by atoms with Gasteiger partial charge in [-0.15, -0.1) is 0 Å². The van der Waals surface area contributed by atoms with Crippen LogP contribution in [0, 0.1) is 20.8 Å². The second-order valence-electron chi connectivity index (χ2n) is 9.15. The minimum Gasteiger partial charge on any atom is -0.507 e. The van der Waals surface area contributed by atoms with Crippen molar-refractivity contribution in [2.75, 3.05) is 11.5 Å². The van der Waals surface area contributed by atoms with Crippen LogP contribution in [0.2, 0.25) is 0 Å². The minimum atomic E-state index is 0.338. The molecule has 180 valence electrons. The van der Waals surface area contributed by atoms with Crippen LogP contribution in [0.15, 0.2) is 78.9 Å². The van der Waals surface area contributed by atoms with Gasteiger partial charge in [0.05, 0.1) is 6.61 Å². The Balaban J connectivity index is 1.68. The molecule has 0 heterocycles. The SMILES string of the molecule is CCOc1cc(C)c(O)c(Cc2ccc(N(c3ccc(CC)cc3)c3ccc(C)c(C)c3)cc2)c1. The van der Waals surface area contributed by atoms with E-state index in [1.54, 1.807) is 0 Å². The number of hydrogen-bond donors (Lipinski definition) is 1. The van der Waals surface area contributed by atoms with Crippen LogP contribution in [0.4, 0.5) is 17.1 Å². The fraction of sp³-hybridized carbons (Fsp3) is 0.250. The highest BCUT2D eigenvalue weighted by atomic mass is 16.5. The molecule has 0 aliphatic heterocycles. The number of rotatable bonds is 8. The third-order valence-corrected chi connectivity index (χ3v) is 6.60. The molecular formula is C32H35NO2. The highest BCUT2D eigenvalue weighted by Gasteiger charge is 2.14. The molecule has 0 aliphatic carbocycles. The maximum Gasteiger partial charge on any atom is 0.122 e. The summed E-state index contributed by atoms with van der Waals surface area (Å²) >= 11 is 0. The number of anilines is 3. The molecule has 0 fully saturated rings. The first-order chi connectivity index (χ1) is 16.9. The summed E-state index contributed by atoms with van der Waals surface area (Å²) in [4.78, 5) is 2.30. The van der Waals surface area contributed by atoms with Gasteiger partial charge in [0, 0.05) is 29.0 Å². The number of phenolic OH excluding ortho intramolecular Hbond substituents is 1. The lowest BCUT2D eigenvalue weighted by Gasteiger charge is -2.26. The molecule has 0 saturated heterocycles. The van der Waals surface area contributed by atoms with Crippen LogP contribution in [0.3, 0.4) is 0 Å². The van der Waals surface area contributed by atoms with Gasteiger partial charge in [0.25, 0.3) is 0 Å². The normalized spacial score (nSPS) is 10.9. The van der Waals surface area contributed by atoms with Crippen molar-refractivity contribution >= 4 is 17.1 Å². The van der Waals surface area contributed by atoms with Crippen molar-refractivity contribution in [3.8, 4) is 11.5 Å². The van der Waals surface area contributed by atoms with E-state index in [1.807, 2.05) is 26.0 Å². The number of aryl methyl sites for hydroxylation is 4. The Morgan fingerprint density at radius 2 is 1.26 bits per heavy atom. The molecule has 0 unspecified atom stereocenters. The summed E-state index contributed by atoms with van der Waals surface area (Å²) in [7, 11) is 0. The molecular weight excluding hydrogens is 430 g/mol. The van der Waals surface area contributed by atoms with Crippen LogP contribution >= 0.6 is 0 Å². The van der Waals surface area contributed by atoms with Crippen LogP contribution in [-0.2, 0) is 12.8 Å². The standard InChI is InChI=1S/C32H35NO2/c1-6-25-9-14-28(15-10-25)33(30-13-8-22(3)23(4)18-30)29-16-11-26(12-17-29)20-27-21-31(35-7-2)19-24(5)32(27)34/h8-19,21,34H,6-7,20H2,1-5H3. The summed E-state index contributed by atoms with van der Waals surface area (Å²) in [6.45, 7) is 11.0. The lowest BCUT2D eigenvalue weighted by Crippen LogP contribution is -2.10. The Bertz CT molecular complexity index is 1290. The monoisotopic (exact) mass is 465 g/mol. The first-order valence-electron chi connectivity index (χ1n) is 12.4. The van der Waals surface area contributed by atoms with E-state index in [0.717, 1.165) is 45.9 Å². The maximum atomic E-state index is 10.6. The lowest BCUT2D eigenvalue weighted by molar-refractivity contribution is 0.338. The molecule has 0 saturated carbocycles. The molecule has 3 heteroatoms. The maximum absolute atomic E-state index is 10.6. The summed E-state index contributed by atoms with van der Waals surface area (Å²) in [6.07, 6.45) is 1.66. The highest BCUT2D eigenvalue weighted by molar-refractivity contribution is 5.77.